The topological polar surface area (TPSA) is 65.3 Å². The summed E-state index contributed by atoms with van der Waals surface area (Å²) in [6.45, 7) is 23.0. The maximum Gasteiger partial charge on any atom is 0.286 e. The molecule has 0 radical (unpaired) electrons. The molecule has 5 aromatic rings. The second kappa shape index (κ2) is 12.0. The minimum atomic E-state index is 0.0206. The summed E-state index contributed by atoms with van der Waals surface area (Å²) in [6.07, 6.45) is 4.03. The van der Waals surface area contributed by atoms with Crippen LogP contribution >= 0.6 is 23.6 Å². The minimum Gasteiger partial charge on any atom is -0.332 e. The highest BCUT2D eigenvalue weighted by atomic mass is 32.1. The number of aryl methyl sites for hydroxylation is 6. The number of rotatable bonds is 4. The normalized spacial score (nSPS) is 13.6. The number of nitrogens with zero attached hydrogens (tertiary/aromatic N) is 7. The molecule has 7 nitrogen and oxygen atoms in total. The maximum atomic E-state index is 9.87. The van der Waals surface area contributed by atoms with E-state index in [1.165, 1.54) is 22.5 Å². The van der Waals surface area contributed by atoms with Crippen LogP contribution in [0.25, 0.3) is 27.7 Å². The van der Waals surface area contributed by atoms with Gasteiger partial charge in [-0.3, -0.25) is 9.80 Å². The van der Waals surface area contributed by atoms with Gasteiger partial charge in [-0.2, -0.15) is 0 Å². The van der Waals surface area contributed by atoms with E-state index in [1.807, 2.05) is 41.8 Å². The Labute approximate surface area is 278 Å². The molecule has 0 saturated carbocycles. The molecular formula is C37H33N7S2. The Bertz CT molecular complexity index is 2210. The van der Waals surface area contributed by atoms with Crippen molar-refractivity contribution in [3.8, 4) is 6.07 Å². The van der Waals surface area contributed by atoms with Crippen LogP contribution in [0, 0.1) is 63.4 Å². The van der Waals surface area contributed by atoms with Crippen LogP contribution in [0.2, 0.25) is 0 Å². The largest absolute Gasteiger partial charge is 0.332 e. The molecule has 3 aromatic carbocycles. The molecule has 0 fully saturated rings. The molecule has 2 aromatic heterocycles. The number of benzene rings is 3. The third-order valence-electron chi connectivity index (χ3n) is 8.20. The predicted molar refractivity (Wildman–Crippen MR) is 191 cm³/mol. The second-order valence-corrected chi connectivity index (χ2v) is 13.3. The summed E-state index contributed by atoms with van der Waals surface area (Å²) in [7, 11) is 0. The van der Waals surface area contributed by atoms with Crippen molar-refractivity contribution in [1.82, 2.24) is 14.5 Å². The monoisotopic (exact) mass is 639 g/mol. The highest BCUT2D eigenvalue weighted by molar-refractivity contribution is 7.73. The van der Waals surface area contributed by atoms with E-state index in [2.05, 4.69) is 92.6 Å². The average molecular weight is 640 g/mol. The molecule has 0 aliphatic carbocycles. The fraction of sp³-hybridized carbons (Fsp3) is 0.216. The van der Waals surface area contributed by atoms with Crippen molar-refractivity contribution in [3.05, 3.63) is 119 Å². The Kier molecular flexibility index (Phi) is 8.08. The minimum absolute atomic E-state index is 0.0206. The van der Waals surface area contributed by atoms with Gasteiger partial charge in [0.25, 0.3) is 5.70 Å². The van der Waals surface area contributed by atoms with E-state index in [-0.39, 0.29) is 5.70 Å². The molecule has 0 bridgehead atoms. The SMILES string of the molecule is [C-]#[N+]C(C#N)=c1/c(=C/C=C2N(c3c(C)cc(C)cc3C)c3nc4ccccc4nc3N2c2c(C)cc(C)cc2C)sc(=S)n1CC. The van der Waals surface area contributed by atoms with Gasteiger partial charge in [0.1, 0.15) is 5.82 Å². The van der Waals surface area contributed by atoms with Gasteiger partial charge in [0.2, 0.25) is 0 Å². The second-order valence-electron chi connectivity index (χ2n) is 11.6. The summed E-state index contributed by atoms with van der Waals surface area (Å²) in [5, 5.41) is 10.4. The Morgan fingerprint density at radius 3 is 1.76 bits per heavy atom. The molecule has 6 rings (SSSR count). The van der Waals surface area contributed by atoms with Crippen LogP contribution in [-0.4, -0.2) is 14.5 Å². The number of hydrogen-bond acceptors (Lipinski definition) is 7. The quantitative estimate of drug-likeness (QED) is 0.146. The Morgan fingerprint density at radius 1 is 0.870 bits per heavy atom. The molecule has 0 unspecified atom stereocenters. The fourth-order valence-electron chi connectivity index (χ4n) is 6.59. The summed E-state index contributed by atoms with van der Waals surface area (Å²) in [6, 6.07) is 18.8. The molecule has 1 aliphatic heterocycles. The fourth-order valence-corrected chi connectivity index (χ4v) is 8.03. The van der Waals surface area contributed by atoms with Gasteiger partial charge in [-0.25, -0.2) is 20.1 Å². The lowest BCUT2D eigenvalue weighted by Crippen LogP contribution is -2.30. The molecule has 0 atom stereocenters. The van der Waals surface area contributed by atoms with Gasteiger partial charge in [-0.1, -0.05) is 47.5 Å². The summed E-state index contributed by atoms with van der Waals surface area (Å²) in [4.78, 5) is 18.4. The highest BCUT2D eigenvalue weighted by Crippen LogP contribution is 2.51. The number of para-hydroxylation sites is 2. The number of allylic oxidation sites excluding steroid dienone is 1. The lowest BCUT2D eigenvalue weighted by Gasteiger charge is -2.29. The lowest BCUT2D eigenvalue weighted by atomic mass is 10.0. The van der Waals surface area contributed by atoms with Crippen LogP contribution in [0.3, 0.4) is 0 Å². The smallest absolute Gasteiger partial charge is 0.286 e. The zero-order valence-corrected chi connectivity index (χ0v) is 28.6. The van der Waals surface area contributed by atoms with E-state index in [1.54, 1.807) is 0 Å². The Hall–Kier alpha value is -5.09. The zero-order valence-electron chi connectivity index (χ0n) is 26.9. The van der Waals surface area contributed by atoms with Crippen molar-refractivity contribution < 1.29 is 0 Å². The molecular weight excluding hydrogens is 607 g/mol. The van der Waals surface area contributed by atoms with Crippen molar-refractivity contribution in [2.45, 2.75) is 55.0 Å². The van der Waals surface area contributed by atoms with Gasteiger partial charge in [0, 0.05) is 11.1 Å². The first kappa shape index (κ1) is 30.9. The van der Waals surface area contributed by atoms with Crippen LogP contribution in [-0.2, 0) is 6.54 Å². The molecule has 0 N–H and O–H groups in total. The van der Waals surface area contributed by atoms with Crippen molar-refractivity contribution in [2.75, 3.05) is 9.80 Å². The van der Waals surface area contributed by atoms with Crippen LogP contribution in [0.1, 0.15) is 40.3 Å². The van der Waals surface area contributed by atoms with Crippen LogP contribution in [0.15, 0.2) is 60.4 Å². The van der Waals surface area contributed by atoms with Gasteiger partial charge in [0.15, 0.2) is 15.6 Å². The van der Waals surface area contributed by atoms with E-state index in [9.17, 15) is 5.26 Å². The third-order valence-corrected chi connectivity index (χ3v) is 9.61. The summed E-state index contributed by atoms with van der Waals surface area (Å²) in [5.41, 5.74) is 10.5. The van der Waals surface area contributed by atoms with E-state index in [0.29, 0.717) is 15.8 Å². The number of fused-ring (bicyclic) bond motifs is 2. The van der Waals surface area contributed by atoms with Gasteiger partial charge < -0.3 is 4.57 Å². The van der Waals surface area contributed by atoms with E-state index < -0.39 is 0 Å². The van der Waals surface area contributed by atoms with Gasteiger partial charge in [-0.15, -0.1) is 11.3 Å². The maximum absolute atomic E-state index is 9.87. The highest BCUT2D eigenvalue weighted by Gasteiger charge is 2.39. The molecule has 0 saturated heterocycles. The number of anilines is 4. The summed E-state index contributed by atoms with van der Waals surface area (Å²) < 4.78 is 3.23. The Morgan fingerprint density at radius 2 is 1.35 bits per heavy atom. The van der Waals surface area contributed by atoms with Crippen molar-refractivity contribution >= 4 is 69.4 Å². The molecule has 46 heavy (non-hydrogen) atoms. The average Bonchev–Trinajstić information content (AvgIpc) is 3.47. The Balaban J connectivity index is 1.79. The summed E-state index contributed by atoms with van der Waals surface area (Å²) >= 11 is 7.09. The van der Waals surface area contributed by atoms with Gasteiger partial charge in [-0.05, 0) is 107 Å². The van der Waals surface area contributed by atoms with E-state index in [4.69, 9.17) is 28.8 Å². The van der Waals surface area contributed by atoms with Crippen molar-refractivity contribution in [2.24, 2.45) is 0 Å². The first-order chi connectivity index (χ1) is 22.1. The number of aromatic nitrogens is 3. The van der Waals surface area contributed by atoms with E-state index in [0.717, 1.165) is 66.7 Å². The van der Waals surface area contributed by atoms with Crippen molar-refractivity contribution in [3.63, 3.8) is 0 Å². The number of nitriles is 1. The van der Waals surface area contributed by atoms with Gasteiger partial charge in [0.05, 0.1) is 40.4 Å². The van der Waals surface area contributed by atoms with E-state index >= 15 is 0 Å². The first-order valence-corrected chi connectivity index (χ1v) is 16.3. The molecule has 0 spiro atoms. The van der Waals surface area contributed by atoms with Crippen LogP contribution < -0.4 is 19.7 Å². The standard InChI is InChI=1S/C37H33N7S2/c1-9-42-34(29(20-38)39-8)30(46-37(42)45)14-15-31-43(32-23(4)16-21(2)17-24(32)5)35-36(41-28-13-11-10-12-27(28)40-35)44(31)33-25(6)18-22(3)19-26(33)7/h10-19H,9H2,1-7H3/b30-14-,34-29?. The van der Waals surface area contributed by atoms with Crippen molar-refractivity contribution in [1.29, 1.82) is 5.26 Å². The zero-order chi connectivity index (χ0) is 32.9. The van der Waals surface area contributed by atoms with Crippen LogP contribution in [0.4, 0.5) is 23.0 Å². The third kappa shape index (κ3) is 5.08. The first-order valence-electron chi connectivity index (χ1n) is 15.0. The van der Waals surface area contributed by atoms with Gasteiger partial charge >= 0.3 is 0 Å². The lowest BCUT2D eigenvalue weighted by molar-refractivity contribution is 0.736. The summed E-state index contributed by atoms with van der Waals surface area (Å²) in [5.74, 6) is 2.31. The predicted octanol–water partition coefficient (Wildman–Crippen LogP) is 8.26. The molecule has 3 heterocycles. The van der Waals surface area contributed by atoms with Crippen LogP contribution in [0.5, 0.6) is 0 Å². The molecule has 1 aliphatic rings. The number of thiazole rings is 1. The number of hydrogen-bond donors (Lipinski definition) is 0. The molecule has 9 heteroatoms. The molecule has 0 amide bonds. The molecule has 228 valence electrons.